The van der Waals surface area contributed by atoms with Gasteiger partial charge in [-0.05, 0) is 37.1 Å². The Morgan fingerprint density at radius 2 is 2.06 bits per heavy atom. The second-order valence-corrected chi connectivity index (χ2v) is 4.95. The van der Waals surface area contributed by atoms with Gasteiger partial charge in [-0.15, -0.1) is 0 Å². The van der Waals surface area contributed by atoms with Gasteiger partial charge in [0.2, 0.25) is 5.91 Å². The van der Waals surface area contributed by atoms with Gasteiger partial charge in [-0.25, -0.2) is 0 Å². The summed E-state index contributed by atoms with van der Waals surface area (Å²) in [5, 5.41) is 6.33. The number of carbonyl (C=O) groups excluding carboxylic acids is 1. The van der Waals surface area contributed by atoms with Gasteiger partial charge in [0.05, 0.1) is 0 Å². The molecule has 0 bridgehead atoms. The molecule has 0 radical (unpaired) electrons. The molecule has 0 heterocycles. The molecule has 3 heteroatoms. The highest BCUT2D eigenvalue weighted by molar-refractivity contribution is 5.88. The van der Waals surface area contributed by atoms with E-state index in [1.54, 1.807) is 0 Å². The van der Waals surface area contributed by atoms with Crippen molar-refractivity contribution in [1.29, 1.82) is 0 Å². The van der Waals surface area contributed by atoms with Gasteiger partial charge in [0.15, 0.2) is 0 Å². The van der Waals surface area contributed by atoms with Gasteiger partial charge < -0.3 is 10.6 Å². The molecule has 0 aliphatic rings. The number of anilines is 1. The molecule has 0 spiro atoms. The highest BCUT2D eigenvalue weighted by Crippen LogP contribution is 2.17. The van der Waals surface area contributed by atoms with Crippen LogP contribution in [0.4, 0.5) is 5.69 Å². The Kier molecular flexibility index (Phi) is 5.86. The van der Waals surface area contributed by atoms with Crippen molar-refractivity contribution < 1.29 is 4.79 Å². The van der Waals surface area contributed by atoms with E-state index in [-0.39, 0.29) is 5.91 Å². The summed E-state index contributed by atoms with van der Waals surface area (Å²) < 4.78 is 0. The lowest BCUT2D eigenvalue weighted by atomic mass is 10.1. The standard InChI is InChI=1S/C15H24N2O/c1-5-11(2)10-16-12(3)14-7-6-8-15(9-14)17-13(4)18/h6-9,11-12,16H,5,10H2,1-4H3,(H,17,18). The molecule has 0 aliphatic heterocycles. The van der Waals surface area contributed by atoms with Crippen LogP contribution in [0.15, 0.2) is 24.3 Å². The predicted octanol–water partition coefficient (Wildman–Crippen LogP) is 3.34. The maximum Gasteiger partial charge on any atom is 0.221 e. The molecule has 1 aromatic rings. The second kappa shape index (κ2) is 7.17. The molecule has 1 rings (SSSR count). The molecule has 0 fully saturated rings. The van der Waals surface area contributed by atoms with Crippen LogP contribution in [0, 0.1) is 5.92 Å². The van der Waals surface area contributed by atoms with Crippen molar-refractivity contribution >= 4 is 11.6 Å². The van der Waals surface area contributed by atoms with Crippen LogP contribution in [0.5, 0.6) is 0 Å². The van der Waals surface area contributed by atoms with Crippen LogP contribution in [0.2, 0.25) is 0 Å². The third-order valence-corrected chi connectivity index (χ3v) is 3.18. The zero-order valence-electron chi connectivity index (χ0n) is 11.8. The first-order valence-corrected chi connectivity index (χ1v) is 6.63. The molecule has 2 N–H and O–H groups in total. The summed E-state index contributed by atoms with van der Waals surface area (Å²) in [4.78, 5) is 11.0. The summed E-state index contributed by atoms with van der Waals surface area (Å²) in [6, 6.07) is 8.29. The third kappa shape index (κ3) is 4.88. The topological polar surface area (TPSA) is 41.1 Å². The lowest BCUT2D eigenvalue weighted by molar-refractivity contribution is -0.114. The Balaban J connectivity index is 2.62. The maximum atomic E-state index is 11.0. The Labute approximate surface area is 110 Å². The number of amides is 1. The first-order chi connectivity index (χ1) is 8.52. The van der Waals surface area contributed by atoms with Crippen molar-refractivity contribution in [3.63, 3.8) is 0 Å². The predicted molar refractivity (Wildman–Crippen MR) is 76.6 cm³/mol. The minimum atomic E-state index is -0.0348. The SMILES string of the molecule is CCC(C)CNC(C)c1cccc(NC(C)=O)c1. The van der Waals surface area contributed by atoms with E-state index < -0.39 is 0 Å². The van der Waals surface area contributed by atoms with E-state index in [0.717, 1.165) is 12.2 Å². The largest absolute Gasteiger partial charge is 0.326 e. The fourth-order valence-electron chi connectivity index (χ4n) is 1.73. The molecule has 0 saturated carbocycles. The number of nitrogens with one attached hydrogen (secondary N) is 2. The van der Waals surface area contributed by atoms with Crippen molar-refractivity contribution in [2.24, 2.45) is 5.92 Å². The van der Waals surface area contributed by atoms with Gasteiger partial charge in [0.25, 0.3) is 0 Å². The van der Waals surface area contributed by atoms with Gasteiger partial charge >= 0.3 is 0 Å². The summed E-state index contributed by atoms with van der Waals surface area (Å²) in [5.74, 6) is 0.651. The summed E-state index contributed by atoms with van der Waals surface area (Å²) in [7, 11) is 0. The molecule has 2 atom stereocenters. The molecule has 0 saturated heterocycles. The van der Waals surface area contributed by atoms with Gasteiger partial charge in [-0.2, -0.15) is 0 Å². The molecule has 100 valence electrons. The van der Waals surface area contributed by atoms with Crippen LogP contribution < -0.4 is 10.6 Å². The Morgan fingerprint density at radius 1 is 1.33 bits per heavy atom. The third-order valence-electron chi connectivity index (χ3n) is 3.18. The number of hydrogen-bond donors (Lipinski definition) is 2. The van der Waals surface area contributed by atoms with Gasteiger partial charge in [0.1, 0.15) is 0 Å². The monoisotopic (exact) mass is 248 g/mol. The summed E-state index contributed by atoms with van der Waals surface area (Å²) in [5.41, 5.74) is 2.06. The second-order valence-electron chi connectivity index (χ2n) is 4.95. The lowest BCUT2D eigenvalue weighted by Gasteiger charge is -2.18. The van der Waals surface area contributed by atoms with Crippen molar-refractivity contribution in [2.75, 3.05) is 11.9 Å². The molecule has 3 nitrogen and oxygen atoms in total. The smallest absolute Gasteiger partial charge is 0.221 e. The Hall–Kier alpha value is -1.35. The normalized spacial score (nSPS) is 14.0. The van der Waals surface area contributed by atoms with E-state index in [1.165, 1.54) is 18.9 Å². The van der Waals surface area contributed by atoms with Crippen LogP contribution in [-0.4, -0.2) is 12.5 Å². The van der Waals surface area contributed by atoms with Crippen molar-refractivity contribution in [1.82, 2.24) is 5.32 Å². The molecular formula is C15H24N2O. The number of rotatable bonds is 6. The molecule has 0 aromatic heterocycles. The van der Waals surface area contributed by atoms with Gasteiger partial charge in [-0.3, -0.25) is 4.79 Å². The van der Waals surface area contributed by atoms with Gasteiger partial charge in [0, 0.05) is 18.7 Å². The first kappa shape index (κ1) is 14.7. The zero-order valence-corrected chi connectivity index (χ0v) is 11.8. The van der Waals surface area contributed by atoms with Crippen LogP contribution in [-0.2, 0) is 4.79 Å². The van der Waals surface area contributed by atoms with E-state index >= 15 is 0 Å². The van der Waals surface area contributed by atoms with E-state index in [2.05, 4.69) is 37.5 Å². The Morgan fingerprint density at radius 3 is 2.67 bits per heavy atom. The van der Waals surface area contributed by atoms with Crippen molar-refractivity contribution in [2.45, 2.75) is 40.2 Å². The quantitative estimate of drug-likeness (QED) is 0.810. The maximum absolute atomic E-state index is 11.0. The molecule has 1 amide bonds. The van der Waals surface area contributed by atoms with E-state index in [4.69, 9.17) is 0 Å². The van der Waals surface area contributed by atoms with E-state index in [9.17, 15) is 4.79 Å². The minimum Gasteiger partial charge on any atom is -0.326 e. The summed E-state index contributed by atoms with van der Waals surface area (Å²) >= 11 is 0. The highest BCUT2D eigenvalue weighted by atomic mass is 16.1. The first-order valence-electron chi connectivity index (χ1n) is 6.63. The fraction of sp³-hybridized carbons (Fsp3) is 0.533. The van der Waals surface area contributed by atoms with E-state index in [0.29, 0.717) is 12.0 Å². The molecule has 18 heavy (non-hydrogen) atoms. The van der Waals surface area contributed by atoms with Crippen LogP contribution in [0.3, 0.4) is 0 Å². The number of hydrogen-bond acceptors (Lipinski definition) is 2. The van der Waals surface area contributed by atoms with E-state index in [1.807, 2.05) is 18.2 Å². The minimum absolute atomic E-state index is 0.0348. The molecular weight excluding hydrogens is 224 g/mol. The number of benzene rings is 1. The summed E-state index contributed by atoms with van der Waals surface area (Å²) in [6.07, 6.45) is 1.19. The number of carbonyl (C=O) groups is 1. The van der Waals surface area contributed by atoms with Crippen molar-refractivity contribution in [3.8, 4) is 0 Å². The zero-order chi connectivity index (χ0) is 13.5. The van der Waals surface area contributed by atoms with Gasteiger partial charge in [-0.1, -0.05) is 32.4 Å². The average Bonchev–Trinajstić information content (AvgIpc) is 2.35. The average molecular weight is 248 g/mol. The molecule has 1 aromatic carbocycles. The van der Waals surface area contributed by atoms with Crippen LogP contribution >= 0.6 is 0 Å². The fourth-order valence-corrected chi connectivity index (χ4v) is 1.73. The molecule has 2 unspecified atom stereocenters. The lowest BCUT2D eigenvalue weighted by Crippen LogP contribution is -2.24. The highest BCUT2D eigenvalue weighted by Gasteiger charge is 2.07. The van der Waals surface area contributed by atoms with Crippen LogP contribution in [0.1, 0.15) is 45.7 Å². The Bertz CT molecular complexity index is 390. The molecule has 0 aliphatic carbocycles. The van der Waals surface area contributed by atoms with Crippen LogP contribution in [0.25, 0.3) is 0 Å². The summed E-state index contributed by atoms with van der Waals surface area (Å²) in [6.45, 7) is 9.14. The van der Waals surface area contributed by atoms with Crippen molar-refractivity contribution in [3.05, 3.63) is 29.8 Å².